The van der Waals surface area contributed by atoms with Gasteiger partial charge in [0, 0.05) is 29.5 Å². The molecule has 5 nitrogen and oxygen atoms in total. The summed E-state index contributed by atoms with van der Waals surface area (Å²) in [6.45, 7) is 0. The molecule has 0 spiro atoms. The second-order valence-electron chi connectivity index (χ2n) is 4.06. The highest BCUT2D eigenvalue weighted by Crippen LogP contribution is 2.25. The summed E-state index contributed by atoms with van der Waals surface area (Å²) >= 11 is 0. The Balaban J connectivity index is 2.04. The van der Waals surface area contributed by atoms with Gasteiger partial charge in [0.2, 0.25) is 0 Å². The van der Waals surface area contributed by atoms with Crippen LogP contribution in [0.15, 0.2) is 42.9 Å². The van der Waals surface area contributed by atoms with Gasteiger partial charge < -0.3 is 9.97 Å². The van der Waals surface area contributed by atoms with Gasteiger partial charge in [-0.25, -0.2) is 15.0 Å². The van der Waals surface area contributed by atoms with Crippen molar-refractivity contribution in [1.29, 1.82) is 0 Å². The Labute approximate surface area is 102 Å². The van der Waals surface area contributed by atoms with Crippen LogP contribution in [0.3, 0.4) is 0 Å². The summed E-state index contributed by atoms with van der Waals surface area (Å²) in [5.74, 6) is 0.815. The van der Waals surface area contributed by atoms with E-state index in [1.165, 1.54) is 0 Å². The van der Waals surface area contributed by atoms with Crippen LogP contribution in [-0.2, 0) is 0 Å². The summed E-state index contributed by atoms with van der Waals surface area (Å²) < 4.78 is 0. The molecule has 4 aromatic rings. The summed E-state index contributed by atoms with van der Waals surface area (Å²) in [5, 5.41) is 1.05. The Bertz CT molecular complexity index is 809. The molecular weight excluding hydrogens is 226 g/mol. The van der Waals surface area contributed by atoms with E-state index in [9.17, 15) is 0 Å². The molecule has 0 aliphatic heterocycles. The van der Waals surface area contributed by atoms with Gasteiger partial charge in [-0.1, -0.05) is 0 Å². The van der Waals surface area contributed by atoms with Crippen molar-refractivity contribution in [2.24, 2.45) is 0 Å². The third-order valence-corrected chi connectivity index (χ3v) is 2.97. The van der Waals surface area contributed by atoms with Crippen LogP contribution in [0, 0.1) is 0 Å². The standard InChI is InChI=1S/C13H9N5/c1-2-10-13(14-5-1)18-12(17-10)9-4-7-16-11-8(9)3-6-15-11/h1-7H,(H,15,16)(H,14,17,18). The largest absolute Gasteiger partial charge is 0.346 e. The molecule has 0 aliphatic rings. The molecule has 0 aromatic carbocycles. The minimum Gasteiger partial charge on any atom is -0.346 e. The van der Waals surface area contributed by atoms with Gasteiger partial charge in [0.15, 0.2) is 5.65 Å². The molecule has 0 unspecified atom stereocenters. The summed E-state index contributed by atoms with van der Waals surface area (Å²) in [5.41, 5.74) is 3.56. The maximum atomic E-state index is 4.50. The molecule has 0 fully saturated rings. The molecule has 2 N–H and O–H groups in total. The molecule has 0 amide bonds. The van der Waals surface area contributed by atoms with Gasteiger partial charge in [-0.3, -0.25) is 0 Å². The Morgan fingerprint density at radius 1 is 1.00 bits per heavy atom. The highest BCUT2D eigenvalue weighted by Gasteiger charge is 2.09. The number of hydrogen-bond acceptors (Lipinski definition) is 3. The van der Waals surface area contributed by atoms with Crippen LogP contribution in [0.1, 0.15) is 0 Å². The number of hydrogen-bond donors (Lipinski definition) is 2. The molecule has 4 rings (SSSR count). The third kappa shape index (κ3) is 1.24. The molecule has 0 saturated carbocycles. The van der Waals surface area contributed by atoms with Crippen molar-refractivity contribution in [3.8, 4) is 11.4 Å². The molecule has 5 heteroatoms. The van der Waals surface area contributed by atoms with Crippen molar-refractivity contribution in [2.75, 3.05) is 0 Å². The van der Waals surface area contributed by atoms with Gasteiger partial charge in [-0.2, -0.15) is 0 Å². The number of aromatic nitrogens is 5. The smallest absolute Gasteiger partial charge is 0.178 e. The maximum Gasteiger partial charge on any atom is 0.178 e. The number of H-pyrrole nitrogens is 2. The average Bonchev–Trinajstić information content (AvgIpc) is 3.04. The number of pyridine rings is 2. The Kier molecular flexibility index (Phi) is 1.77. The minimum absolute atomic E-state index is 0.730. The van der Waals surface area contributed by atoms with E-state index in [4.69, 9.17) is 0 Å². The van der Waals surface area contributed by atoms with Gasteiger partial charge in [-0.05, 0) is 24.3 Å². The topological polar surface area (TPSA) is 70.2 Å². The van der Waals surface area contributed by atoms with E-state index < -0.39 is 0 Å². The van der Waals surface area contributed by atoms with Crippen LogP contribution in [0.4, 0.5) is 0 Å². The zero-order valence-electron chi connectivity index (χ0n) is 9.38. The first-order valence-corrected chi connectivity index (χ1v) is 5.65. The fraction of sp³-hybridized carbons (Fsp3) is 0. The number of nitrogens with one attached hydrogen (secondary N) is 2. The van der Waals surface area contributed by atoms with E-state index in [1.54, 1.807) is 12.4 Å². The fourth-order valence-corrected chi connectivity index (χ4v) is 2.14. The van der Waals surface area contributed by atoms with Crippen molar-refractivity contribution in [3.63, 3.8) is 0 Å². The highest BCUT2D eigenvalue weighted by molar-refractivity contribution is 5.92. The molecule has 4 aromatic heterocycles. The van der Waals surface area contributed by atoms with Gasteiger partial charge >= 0.3 is 0 Å². The van der Waals surface area contributed by atoms with Crippen molar-refractivity contribution in [2.45, 2.75) is 0 Å². The second-order valence-corrected chi connectivity index (χ2v) is 4.06. The number of aromatic amines is 2. The van der Waals surface area contributed by atoms with Gasteiger partial charge in [-0.15, -0.1) is 0 Å². The lowest BCUT2D eigenvalue weighted by molar-refractivity contribution is 1.29. The van der Waals surface area contributed by atoms with Crippen LogP contribution >= 0.6 is 0 Å². The number of nitrogens with zero attached hydrogens (tertiary/aromatic N) is 3. The molecule has 18 heavy (non-hydrogen) atoms. The van der Waals surface area contributed by atoms with Crippen LogP contribution < -0.4 is 0 Å². The molecule has 0 atom stereocenters. The minimum atomic E-state index is 0.730. The van der Waals surface area contributed by atoms with Crippen molar-refractivity contribution < 1.29 is 0 Å². The summed E-state index contributed by atoms with van der Waals surface area (Å²) in [6, 6.07) is 7.81. The van der Waals surface area contributed by atoms with E-state index in [0.717, 1.165) is 33.6 Å². The molecule has 0 radical (unpaired) electrons. The fourth-order valence-electron chi connectivity index (χ4n) is 2.14. The van der Waals surface area contributed by atoms with Gasteiger partial charge in [0.05, 0.1) is 5.52 Å². The summed E-state index contributed by atoms with van der Waals surface area (Å²) in [6.07, 6.45) is 5.39. The van der Waals surface area contributed by atoms with Crippen LogP contribution in [-0.4, -0.2) is 24.9 Å². The lowest BCUT2D eigenvalue weighted by atomic mass is 10.2. The van der Waals surface area contributed by atoms with Crippen LogP contribution in [0.5, 0.6) is 0 Å². The van der Waals surface area contributed by atoms with Crippen LogP contribution in [0.2, 0.25) is 0 Å². The van der Waals surface area contributed by atoms with E-state index in [-0.39, 0.29) is 0 Å². The first-order valence-electron chi connectivity index (χ1n) is 5.65. The lowest BCUT2D eigenvalue weighted by Gasteiger charge is -1.97. The lowest BCUT2D eigenvalue weighted by Crippen LogP contribution is -1.83. The van der Waals surface area contributed by atoms with E-state index in [0.29, 0.717) is 0 Å². The van der Waals surface area contributed by atoms with Gasteiger partial charge in [0.25, 0.3) is 0 Å². The first-order chi connectivity index (χ1) is 8.92. The first kappa shape index (κ1) is 9.35. The summed E-state index contributed by atoms with van der Waals surface area (Å²) in [7, 11) is 0. The zero-order chi connectivity index (χ0) is 11.9. The highest BCUT2D eigenvalue weighted by atomic mass is 15.0. The third-order valence-electron chi connectivity index (χ3n) is 2.97. The molecule has 0 aliphatic carbocycles. The Morgan fingerprint density at radius 3 is 2.94 bits per heavy atom. The average molecular weight is 235 g/mol. The maximum absolute atomic E-state index is 4.50. The quantitative estimate of drug-likeness (QED) is 0.532. The number of rotatable bonds is 1. The number of fused-ring (bicyclic) bond motifs is 2. The molecule has 4 heterocycles. The van der Waals surface area contributed by atoms with Crippen molar-refractivity contribution in [1.82, 2.24) is 24.9 Å². The second kappa shape index (κ2) is 3.40. The summed E-state index contributed by atoms with van der Waals surface area (Å²) in [4.78, 5) is 19.4. The normalized spacial score (nSPS) is 11.3. The Hall–Kier alpha value is -2.69. The van der Waals surface area contributed by atoms with E-state index in [1.807, 2.05) is 30.5 Å². The SMILES string of the molecule is c1cnc2nc(-c3ccnc4[nH]ccc34)[nH]c2c1. The van der Waals surface area contributed by atoms with Crippen LogP contribution in [0.25, 0.3) is 33.6 Å². The van der Waals surface area contributed by atoms with E-state index in [2.05, 4.69) is 24.9 Å². The molecule has 0 saturated heterocycles. The predicted molar refractivity (Wildman–Crippen MR) is 69.0 cm³/mol. The van der Waals surface area contributed by atoms with Crippen molar-refractivity contribution >= 4 is 22.2 Å². The molecule has 86 valence electrons. The Morgan fingerprint density at radius 2 is 2.00 bits per heavy atom. The zero-order valence-corrected chi connectivity index (χ0v) is 9.38. The number of imidazole rings is 1. The predicted octanol–water partition coefficient (Wildman–Crippen LogP) is 2.50. The van der Waals surface area contributed by atoms with E-state index >= 15 is 0 Å². The van der Waals surface area contributed by atoms with Gasteiger partial charge in [0.1, 0.15) is 11.5 Å². The monoisotopic (exact) mass is 235 g/mol. The molecule has 0 bridgehead atoms. The van der Waals surface area contributed by atoms with Crippen molar-refractivity contribution in [3.05, 3.63) is 42.9 Å². The molecular formula is C13H9N5.